The van der Waals surface area contributed by atoms with Crippen molar-refractivity contribution in [1.29, 1.82) is 0 Å². The lowest BCUT2D eigenvalue weighted by Crippen LogP contribution is -2.32. The molecule has 0 aliphatic heterocycles. The summed E-state index contributed by atoms with van der Waals surface area (Å²) < 4.78 is 1.83. The van der Waals surface area contributed by atoms with Gasteiger partial charge in [0.05, 0.1) is 17.9 Å². The van der Waals surface area contributed by atoms with E-state index in [-0.39, 0.29) is 18.4 Å². The molecular weight excluding hydrogens is 400 g/mol. The molecule has 32 heavy (non-hydrogen) atoms. The van der Waals surface area contributed by atoms with E-state index in [0.717, 1.165) is 28.2 Å². The lowest BCUT2D eigenvalue weighted by atomic mass is 10.0. The molecule has 0 saturated heterocycles. The maximum atomic E-state index is 12.4. The number of nitrogens with zero attached hydrogens (tertiary/aromatic N) is 2. The van der Waals surface area contributed by atoms with Gasteiger partial charge in [-0.1, -0.05) is 48.5 Å². The highest BCUT2D eigenvalue weighted by Gasteiger charge is 2.10. The molecule has 2 N–H and O–H groups in total. The topological polar surface area (TPSA) is 76.0 Å². The van der Waals surface area contributed by atoms with Crippen molar-refractivity contribution >= 4 is 17.5 Å². The van der Waals surface area contributed by atoms with Gasteiger partial charge in [-0.15, -0.1) is 0 Å². The third-order valence-electron chi connectivity index (χ3n) is 5.05. The first-order valence-corrected chi connectivity index (χ1v) is 10.4. The predicted molar refractivity (Wildman–Crippen MR) is 126 cm³/mol. The standard InChI is InChI=1S/C26H24N4O2/c1-18-15-19(2)30(29-18)24-10-6-9-23(16-24)28-25(31)17-27-26(32)22-13-11-21(12-14-22)20-7-4-3-5-8-20/h3-16H,17H2,1-2H3,(H,27,32)(H,28,31). The van der Waals surface area contributed by atoms with Crippen LogP contribution in [0, 0.1) is 13.8 Å². The Morgan fingerprint density at radius 2 is 1.56 bits per heavy atom. The minimum atomic E-state index is -0.301. The fourth-order valence-electron chi connectivity index (χ4n) is 3.52. The molecule has 3 aromatic carbocycles. The van der Waals surface area contributed by atoms with Crippen molar-refractivity contribution in [1.82, 2.24) is 15.1 Å². The number of amides is 2. The first-order chi connectivity index (χ1) is 15.5. The number of anilines is 1. The summed E-state index contributed by atoms with van der Waals surface area (Å²) in [4.78, 5) is 24.8. The first kappa shape index (κ1) is 21.1. The molecular formula is C26H24N4O2. The highest BCUT2D eigenvalue weighted by atomic mass is 16.2. The van der Waals surface area contributed by atoms with E-state index in [2.05, 4.69) is 15.7 Å². The molecule has 1 heterocycles. The van der Waals surface area contributed by atoms with E-state index < -0.39 is 0 Å². The van der Waals surface area contributed by atoms with Crippen LogP contribution in [0.15, 0.2) is 84.9 Å². The van der Waals surface area contributed by atoms with Gasteiger partial charge in [-0.2, -0.15) is 5.10 Å². The molecule has 160 valence electrons. The third kappa shape index (κ3) is 4.92. The van der Waals surface area contributed by atoms with Crippen LogP contribution in [-0.4, -0.2) is 28.1 Å². The Morgan fingerprint density at radius 3 is 2.25 bits per heavy atom. The van der Waals surface area contributed by atoms with Gasteiger partial charge in [-0.3, -0.25) is 9.59 Å². The summed E-state index contributed by atoms with van der Waals surface area (Å²) in [6.45, 7) is 3.80. The number of aromatic nitrogens is 2. The predicted octanol–water partition coefficient (Wildman–Crippen LogP) is 4.52. The van der Waals surface area contributed by atoms with E-state index >= 15 is 0 Å². The Hall–Kier alpha value is -4.19. The molecule has 0 aliphatic rings. The zero-order chi connectivity index (χ0) is 22.5. The van der Waals surface area contributed by atoms with Crippen LogP contribution in [0.5, 0.6) is 0 Å². The van der Waals surface area contributed by atoms with Gasteiger partial charge in [0.25, 0.3) is 5.91 Å². The van der Waals surface area contributed by atoms with E-state index in [1.807, 2.05) is 85.3 Å². The molecule has 2 amide bonds. The second kappa shape index (κ2) is 9.31. The van der Waals surface area contributed by atoms with Gasteiger partial charge in [0.2, 0.25) is 5.91 Å². The Morgan fingerprint density at radius 1 is 0.844 bits per heavy atom. The summed E-state index contributed by atoms with van der Waals surface area (Å²) in [7, 11) is 0. The van der Waals surface area contributed by atoms with Crippen molar-refractivity contribution in [3.63, 3.8) is 0 Å². The number of aryl methyl sites for hydroxylation is 2. The molecule has 0 atom stereocenters. The van der Waals surface area contributed by atoms with Crippen LogP contribution in [0.3, 0.4) is 0 Å². The van der Waals surface area contributed by atoms with Crippen molar-refractivity contribution in [3.05, 3.63) is 102 Å². The third-order valence-corrected chi connectivity index (χ3v) is 5.05. The minimum absolute atomic E-state index is 0.122. The summed E-state index contributed by atoms with van der Waals surface area (Å²) in [6, 6.07) is 26.7. The number of hydrogen-bond acceptors (Lipinski definition) is 3. The SMILES string of the molecule is Cc1cc(C)n(-c2cccc(NC(=O)CNC(=O)c3ccc(-c4ccccc4)cc3)c2)n1. The molecule has 0 saturated carbocycles. The van der Waals surface area contributed by atoms with Crippen LogP contribution < -0.4 is 10.6 Å². The van der Waals surface area contributed by atoms with Crippen molar-refractivity contribution in [2.24, 2.45) is 0 Å². The largest absolute Gasteiger partial charge is 0.343 e. The second-order valence-corrected chi connectivity index (χ2v) is 7.56. The van der Waals surface area contributed by atoms with E-state index in [1.54, 1.807) is 18.2 Å². The summed E-state index contributed by atoms with van der Waals surface area (Å²) >= 11 is 0. The molecule has 0 bridgehead atoms. The van der Waals surface area contributed by atoms with Crippen LogP contribution >= 0.6 is 0 Å². The van der Waals surface area contributed by atoms with Crippen LogP contribution in [-0.2, 0) is 4.79 Å². The summed E-state index contributed by atoms with van der Waals surface area (Å²) in [6.07, 6.45) is 0. The zero-order valence-corrected chi connectivity index (χ0v) is 18.0. The number of benzene rings is 3. The molecule has 6 nitrogen and oxygen atoms in total. The molecule has 0 unspecified atom stereocenters. The van der Waals surface area contributed by atoms with Gasteiger partial charge < -0.3 is 10.6 Å². The van der Waals surface area contributed by atoms with Crippen molar-refractivity contribution in [2.75, 3.05) is 11.9 Å². The first-order valence-electron chi connectivity index (χ1n) is 10.4. The highest BCUT2D eigenvalue weighted by Crippen LogP contribution is 2.19. The van der Waals surface area contributed by atoms with Crippen molar-refractivity contribution in [2.45, 2.75) is 13.8 Å². The van der Waals surface area contributed by atoms with E-state index in [1.165, 1.54) is 0 Å². The highest BCUT2D eigenvalue weighted by molar-refractivity contribution is 5.99. The number of rotatable bonds is 6. The number of carbonyl (C=O) groups excluding carboxylic acids is 2. The summed E-state index contributed by atoms with van der Waals surface area (Å²) in [5.41, 5.74) is 6.05. The minimum Gasteiger partial charge on any atom is -0.343 e. The molecule has 4 aromatic rings. The maximum absolute atomic E-state index is 12.4. The Bertz CT molecular complexity index is 1240. The van der Waals surface area contributed by atoms with Gasteiger partial charge in [0.1, 0.15) is 0 Å². The molecule has 6 heteroatoms. The molecule has 0 aliphatic carbocycles. The van der Waals surface area contributed by atoms with Gasteiger partial charge in [-0.05, 0) is 61.4 Å². The average molecular weight is 425 g/mol. The fourth-order valence-corrected chi connectivity index (χ4v) is 3.52. The second-order valence-electron chi connectivity index (χ2n) is 7.56. The van der Waals surface area contributed by atoms with Gasteiger partial charge in [0, 0.05) is 16.9 Å². The van der Waals surface area contributed by atoms with E-state index in [9.17, 15) is 9.59 Å². The molecule has 0 spiro atoms. The Balaban J connectivity index is 1.34. The number of nitrogens with one attached hydrogen (secondary N) is 2. The van der Waals surface area contributed by atoms with E-state index in [4.69, 9.17) is 0 Å². The van der Waals surface area contributed by atoms with Crippen LogP contribution in [0.4, 0.5) is 5.69 Å². The molecule has 4 rings (SSSR count). The Kier molecular flexibility index (Phi) is 6.12. The molecule has 1 aromatic heterocycles. The van der Waals surface area contributed by atoms with Crippen LogP contribution in [0.1, 0.15) is 21.7 Å². The van der Waals surface area contributed by atoms with E-state index in [0.29, 0.717) is 11.3 Å². The smallest absolute Gasteiger partial charge is 0.251 e. The quantitative estimate of drug-likeness (QED) is 0.478. The Labute approximate surface area is 186 Å². The number of carbonyl (C=O) groups is 2. The lowest BCUT2D eigenvalue weighted by Gasteiger charge is -2.10. The molecule has 0 radical (unpaired) electrons. The van der Waals surface area contributed by atoms with Crippen molar-refractivity contribution in [3.8, 4) is 16.8 Å². The monoisotopic (exact) mass is 424 g/mol. The average Bonchev–Trinajstić information content (AvgIpc) is 3.16. The van der Waals surface area contributed by atoms with Crippen LogP contribution in [0.25, 0.3) is 16.8 Å². The normalized spacial score (nSPS) is 10.6. The lowest BCUT2D eigenvalue weighted by molar-refractivity contribution is -0.115. The number of hydrogen-bond donors (Lipinski definition) is 2. The van der Waals surface area contributed by atoms with Gasteiger partial charge in [0.15, 0.2) is 0 Å². The van der Waals surface area contributed by atoms with Gasteiger partial charge >= 0.3 is 0 Å². The van der Waals surface area contributed by atoms with Crippen LogP contribution in [0.2, 0.25) is 0 Å². The maximum Gasteiger partial charge on any atom is 0.251 e. The van der Waals surface area contributed by atoms with Gasteiger partial charge in [-0.25, -0.2) is 4.68 Å². The summed E-state index contributed by atoms with van der Waals surface area (Å²) in [5, 5.41) is 9.96. The molecule has 0 fully saturated rings. The summed E-state index contributed by atoms with van der Waals surface area (Å²) in [5.74, 6) is -0.596. The fraction of sp³-hybridized carbons (Fsp3) is 0.115. The van der Waals surface area contributed by atoms with Crippen molar-refractivity contribution < 1.29 is 9.59 Å². The zero-order valence-electron chi connectivity index (χ0n) is 18.0.